The molecule has 25 heavy (non-hydrogen) atoms. The van der Waals surface area contributed by atoms with Gasteiger partial charge in [-0.25, -0.2) is 8.42 Å². The Morgan fingerprint density at radius 1 is 1.28 bits per heavy atom. The van der Waals surface area contributed by atoms with E-state index in [1.807, 2.05) is 0 Å². The number of hydrogen-bond acceptors (Lipinski definition) is 5. The van der Waals surface area contributed by atoms with Crippen LogP contribution in [0.3, 0.4) is 0 Å². The molecule has 0 fully saturated rings. The van der Waals surface area contributed by atoms with Gasteiger partial charge in [0.25, 0.3) is 5.91 Å². The van der Waals surface area contributed by atoms with Crippen LogP contribution in [0.15, 0.2) is 41.6 Å². The Hall–Kier alpha value is -2.19. The third kappa shape index (κ3) is 5.40. The molecule has 1 N–H and O–H groups in total. The van der Waals surface area contributed by atoms with Crippen molar-refractivity contribution in [2.24, 2.45) is 0 Å². The Labute approximate surface area is 148 Å². The number of rotatable bonds is 8. The van der Waals surface area contributed by atoms with Crippen molar-refractivity contribution in [1.82, 2.24) is 14.7 Å². The summed E-state index contributed by atoms with van der Waals surface area (Å²) in [7, 11) is -3.35. The van der Waals surface area contributed by atoms with Gasteiger partial charge in [-0.2, -0.15) is 5.10 Å². The van der Waals surface area contributed by atoms with Gasteiger partial charge in [0, 0.05) is 24.6 Å². The van der Waals surface area contributed by atoms with E-state index >= 15 is 0 Å². The van der Waals surface area contributed by atoms with Crippen molar-refractivity contribution < 1.29 is 13.2 Å². The number of sulfone groups is 1. The van der Waals surface area contributed by atoms with Crippen LogP contribution in [-0.4, -0.2) is 54.9 Å². The number of amides is 1. The van der Waals surface area contributed by atoms with E-state index in [1.165, 1.54) is 12.1 Å². The standard InChI is InChI=1S/C17H24N4O3S/c1-4-20(5-2)9-10-21-13-15(12-18-21)19-17(22)14-7-6-8-16(11-14)25(3,23)24/h6-8,11-13H,4-5,9-10H2,1-3H3,(H,19,22). The second-order valence-electron chi connectivity index (χ2n) is 5.77. The van der Waals surface area contributed by atoms with Crippen LogP contribution in [0.25, 0.3) is 0 Å². The van der Waals surface area contributed by atoms with Crippen molar-refractivity contribution >= 4 is 21.4 Å². The Balaban J connectivity index is 2.02. The summed E-state index contributed by atoms with van der Waals surface area (Å²) in [6.45, 7) is 7.82. The molecule has 0 spiro atoms. The molecular formula is C17H24N4O3S. The third-order valence-corrected chi connectivity index (χ3v) is 5.07. The zero-order chi connectivity index (χ0) is 18.4. The normalized spacial score (nSPS) is 11.7. The lowest BCUT2D eigenvalue weighted by Crippen LogP contribution is -2.27. The van der Waals surface area contributed by atoms with Gasteiger partial charge in [-0.3, -0.25) is 9.48 Å². The van der Waals surface area contributed by atoms with Crippen LogP contribution in [0.5, 0.6) is 0 Å². The Kier molecular flexibility index (Phi) is 6.33. The molecule has 1 aromatic carbocycles. The molecule has 0 atom stereocenters. The summed E-state index contributed by atoms with van der Waals surface area (Å²) in [4.78, 5) is 14.7. The maximum absolute atomic E-state index is 12.3. The number of hydrogen-bond donors (Lipinski definition) is 1. The number of carbonyl (C=O) groups is 1. The predicted octanol–water partition coefficient (Wildman–Crippen LogP) is 1.88. The highest BCUT2D eigenvalue weighted by Crippen LogP contribution is 2.13. The molecule has 0 aliphatic rings. The van der Waals surface area contributed by atoms with Crippen LogP contribution in [0, 0.1) is 0 Å². The monoisotopic (exact) mass is 364 g/mol. The minimum atomic E-state index is -3.35. The van der Waals surface area contributed by atoms with E-state index in [0.29, 0.717) is 11.3 Å². The first-order valence-corrected chi connectivity index (χ1v) is 10.1. The molecule has 1 aromatic heterocycles. The molecule has 0 saturated carbocycles. The lowest BCUT2D eigenvalue weighted by Gasteiger charge is -2.17. The van der Waals surface area contributed by atoms with Gasteiger partial charge in [0.15, 0.2) is 9.84 Å². The number of likely N-dealkylation sites (N-methyl/N-ethyl adjacent to an activating group) is 1. The smallest absolute Gasteiger partial charge is 0.255 e. The van der Waals surface area contributed by atoms with Gasteiger partial charge < -0.3 is 10.2 Å². The summed E-state index contributed by atoms with van der Waals surface area (Å²) in [6.07, 6.45) is 4.46. The van der Waals surface area contributed by atoms with Crippen molar-refractivity contribution in [3.63, 3.8) is 0 Å². The first kappa shape index (κ1) is 19.1. The number of carbonyl (C=O) groups excluding carboxylic acids is 1. The summed E-state index contributed by atoms with van der Waals surface area (Å²) in [5, 5.41) is 6.98. The van der Waals surface area contributed by atoms with E-state index in [4.69, 9.17) is 0 Å². The van der Waals surface area contributed by atoms with Gasteiger partial charge in [-0.05, 0) is 31.3 Å². The summed E-state index contributed by atoms with van der Waals surface area (Å²) in [6, 6.07) is 5.97. The fourth-order valence-electron chi connectivity index (χ4n) is 2.41. The third-order valence-electron chi connectivity index (χ3n) is 3.96. The zero-order valence-corrected chi connectivity index (χ0v) is 15.6. The fourth-order valence-corrected chi connectivity index (χ4v) is 3.07. The number of aromatic nitrogens is 2. The molecule has 0 aliphatic carbocycles. The molecule has 7 nitrogen and oxygen atoms in total. The maximum Gasteiger partial charge on any atom is 0.255 e. The Bertz CT molecular complexity index is 826. The number of nitrogens with one attached hydrogen (secondary N) is 1. The van der Waals surface area contributed by atoms with E-state index in [9.17, 15) is 13.2 Å². The van der Waals surface area contributed by atoms with Gasteiger partial charge >= 0.3 is 0 Å². The molecule has 136 valence electrons. The highest BCUT2D eigenvalue weighted by molar-refractivity contribution is 7.90. The van der Waals surface area contributed by atoms with Crippen LogP contribution in [-0.2, 0) is 16.4 Å². The SMILES string of the molecule is CCN(CC)CCn1cc(NC(=O)c2cccc(S(C)(=O)=O)c2)cn1. The fraction of sp³-hybridized carbons (Fsp3) is 0.412. The summed E-state index contributed by atoms with van der Waals surface area (Å²) in [5.74, 6) is -0.367. The van der Waals surface area contributed by atoms with Crippen molar-refractivity contribution in [3.8, 4) is 0 Å². The first-order valence-electron chi connectivity index (χ1n) is 8.19. The lowest BCUT2D eigenvalue weighted by atomic mass is 10.2. The Morgan fingerprint density at radius 3 is 2.64 bits per heavy atom. The topological polar surface area (TPSA) is 84.3 Å². The van der Waals surface area contributed by atoms with Crippen LogP contribution < -0.4 is 5.32 Å². The minimum Gasteiger partial charge on any atom is -0.319 e. The van der Waals surface area contributed by atoms with E-state index in [1.54, 1.807) is 29.2 Å². The first-order chi connectivity index (χ1) is 11.8. The zero-order valence-electron chi connectivity index (χ0n) is 14.8. The second kappa shape index (κ2) is 8.26. The Morgan fingerprint density at radius 2 is 2.00 bits per heavy atom. The van der Waals surface area contributed by atoms with Crippen LogP contribution in [0.1, 0.15) is 24.2 Å². The highest BCUT2D eigenvalue weighted by atomic mass is 32.2. The predicted molar refractivity (Wildman–Crippen MR) is 97.5 cm³/mol. The average Bonchev–Trinajstić information content (AvgIpc) is 3.02. The van der Waals surface area contributed by atoms with Gasteiger partial charge in [-0.1, -0.05) is 19.9 Å². The molecule has 2 rings (SSSR count). The van der Waals surface area contributed by atoms with Crippen molar-refractivity contribution in [3.05, 3.63) is 42.2 Å². The van der Waals surface area contributed by atoms with Gasteiger partial charge in [0.1, 0.15) is 0 Å². The van der Waals surface area contributed by atoms with Gasteiger partial charge in [0.05, 0.1) is 23.3 Å². The number of anilines is 1. The maximum atomic E-state index is 12.3. The van der Waals surface area contributed by atoms with E-state index < -0.39 is 9.84 Å². The van der Waals surface area contributed by atoms with Gasteiger partial charge in [0.2, 0.25) is 0 Å². The number of nitrogens with zero attached hydrogens (tertiary/aromatic N) is 3. The molecule has 0 bridgehead atoms. The minimum absolute atomic E-state index is 0.120. The molecule has 0 saturated heterocycles. The lowest BCUT2D eigenvalue weighted by molar-refractivity contribution is 0.102. The molecule has 0 radical (unpaired) electrons. The van der Waals surface area contributed by atoms with Crippen molar-refractivity contribution in [1.29, 1.82) is 0 Å². The second-order valence-corrected chi connectivity index (χ2v) is 7.79. The van der Waals surface area contributed by atoms with Crippen LogP contribution in [0.4, 0.5) is 5.69 Å². The van der Waals surface area contributed by atoms with Crippen molar-refractivity contribution in [2.45, 2.75) is 25.3 Å². The molecule has 0 aliphatic heterocycles. The molecule has 2 aromatic rings. The van der Waals surface area contributed by atoms with E-state index in [-0.39, 0.29) is 10.8 Å². The summed E-state index contributed by atoms with van der Waals surface area (Å²) < 4.78 is 25.0. The summed E-state index contributed by atoms with van der Waals surface area (Å²) in [5.41, 5.74) is 0.869. The molecular weight excluding hydrogens is 340 g/mol. The van der Waals surface area contributed by atoms with Crippen LogP contribution >= 0.6 is 0 Å². The quantitative estimate of drug-likeness (QED) is 0.773. The molecule has 8 heteroatoms. The summed E-state index contributed by atoms with van der Waals surface area (Å²) >= 11 is 0. The molecule has 1 heterocycles. The van der Waals surface area contributed by atoms with Crippen molar-refractivity contribution in [2.75, 3.05) is 31.2 Å². The average molecular weight is 364 g/mol. The van der Waals surface area contributed by atoms with Gasteiger partial charge in [-0.15, -0.1) is 0 Å². The molecule has 0 unspecified atom stereocenters. The molecule has 1 amide bonds. The van der Waals surface area contributed by atoms with E-state index in [0.717, 1.165) is 32.4 Å². The largest absolute Gasteiger partial charge is 0.319 e. The number of benzene rings is 1. The highest BCUT2D eigenvalue weighted by Gasteiger charge is 2.12. The van der Waals surface area contributed by atoms with Crippen LogP contribution in [0.2, 0.25) is 0 Å². The van der Waals surface area contributed by atoms with E-state index in [2.05, 4.69) is 29.2 Å².